The molecule has 1 aromatic rings. The van der Waals surface area contributed by atoms with Crippen molar-refractivity contribution in [3.05, 3.63) is 35.9 Å². The van der Waals surface area contributed by atoms with Gasteiger partial charge in [-0.3, -0.25) is 4.99 Å². The minimum atomic E-state index is 0.395. The fourth-order valence-corrected chi connectivity index (χ4v) is 3.37. The summed E-state index contributed by atoms with van der Waals surface area (Å²) in [6.45, 7) is 7.73. The first kappa shape index (κ1) is 12.5. The van der Waals surface area contributed by atoms with E-state index in [4.69, 9.17) is 0 Å². The standard InChI is InChI=1S/C16H23N3/c1-16(2)13(11-18-15-17-9-10-19(15)3)14(16)12-7-5-4-6-8-12/h4-8,13-14H,9-11H2,1-3H3,(H,17,18)/t13-,14-/m1/s1. The number of aliphatic imine (C=N–C) groups is 1. The van der Waals surface area contributed by atoms with Crippen LogP contribution in [0, 0.1) is 11.3 Å². The molecule has 3 rings (SSSR count). The molecule has 19 heavy (non-hydrogen) atoms. The SMILES string of the molecule is CN1CCN=C1NC[C@@H]1[C@@H](c2ccccc2)C1(C)C. The van der Waals surface area contributed by atoms with Crippen LogP contribution in [-0.2, 0) is 0 Å². The Kier molecular flexibility index (Phi) is 3.00. The van der Waals surface area contributed by atoms with Crippen LogP contribution in [0.2, 0.25) is 0 Å². The van der Waals surface area contributed by atoms with E-state index >= 15 is 0 Å². The fourth-order valence-electron chi connectivity index (χ4n) is 3.37. The van der Waals surface area contributed by atoms with Gasteiger partial charge in [0.1, 0.15) is 0 Å². The lowest BCUT2D eigenvalue weighted by atomic mass is 10.0. The number of benzene rings is 1. The summed E-state index contributed by atoms with van der Waals surface area (Å²) in [4.78, 5) is 6.69. The first-order valence-corrected chi connectivity index (χ1v) is 7.15. The van der Waals surface area contributed by atoms with Crippen LogP contribution in [0.25, 0.3) is 0 Å². The molecule has 1 aliphatic carbocycles. The Labute approximate surface area is 115 Å². The maximum absolute atomic E-state index is 4.49. The number of guanidine groups is 1. The molecule has 1 fully saturated rings. The number of likely N-dealkylation sites (N-methyl/N-ethyl adjacent to an activating group) is 1. The second-order valence-corrected chi connectivity index (χ2v) is 6.32. The maximum atomic E-state index is 4.49. The van der Waals surface area contributed by atoms with E-state index in [1.54, 1.807) is 0 Å². The van der Waals surface area contributed by atoms with Crippen molar-refractivity contribution in [3.8, 4) is 0 Å². The molecule has 3 heteroatoms. The van der Waals surface area contributed by atoms with Crippen LogP contribution >= 0.6 is 0 Å². The third kappa shape index (κ3) is 2.22. The van der Waals surface area contributed by atoms with Crippen molar-refractivity contribution in [2.45, 2.75) is 19.8 Å². The highest BCUT2D eigenvalue weighted by molar-refractivity contribution is 5.81. The maximum Gasteiger partial charge on any atom is 0.193 e. The molecule has 0 spiro atoms. The molecule has 1 saturated carbocycles. The van der Waals surface area contributed by atoms with E-state index in [9.17, 15) is 0 Å². The first-order valence-electron chi connectivity index (χ1n) is 7.15. The van der Waals surface area contributed by atoms with Crippen LogP contribution in [0.4, 0.5) is 0 Å². The summed E-state index contributed by atoms with van der Waals surface area (Å²) in [5, 5.41) is 3.52. The number of hydrogen-bond acceptors (Lipinski definition) is 3. The molecule has 0 amide bonds. The van der Waals surface area contributed by atoms with Gasteiger partial charge in [0.25, 0.3) is 0 Å². The summed E-state index contributed by atoms with van der Waals surface area (Å²) < 4.78 is 0. The zero-order valence-corrected chi connectivity index (χ0v) is 12.1. The zero-order chi connectivity index (χ0) is 13.5. The molecule has 0 unspecified atom stereocenters. The molecule has 0 saturated heterocycles. The molecule has 1 aliphatic heterocycles. The predicted octanol–water partition coefficient (Wildman–Crippen LogP) is 2.32. The van der Waals surface area contributed by atoms with Crippen LogP contribution < -0.4 is 5.32 Å². The van der Waals surface area contributed by atoms with Crippen LogP contribution in [0.5, 0.6) is 0 Å². The Hall–Kier alpha value is -1.51. The summed E-state index contributed by atoms with van der Waals surface area (Å²) in [7, 11) is 2.10. The van der Waals surface area contributed by atoms with Gasteiger partial charge in [-0.1, -0.05) is 44.2 Å². The van der Waals surface area contributed by atoms with Crippen LogP contribution in [-0.4, -0.2) is 37.5 Å². The average Bonchev–Trinajstić information content (AvgIpc) is 2.72. The zero-order valence-electron chi connectivity index (χ0n) is 12.1. The normalized spacial score (nSPS) is 28.2. The van der Waals surface area contributed by atoms with E-state index in [2.05, 4.69) is 66.4 Å². The van der Waals surface area contributed by atoms with Gasteiger partial charge in [0.05, 0.1) is 6.54 Å². The smallest absolute Gasteiger partial charge is 0.193 e. The van der Waals surface area contributed by atoms with Gasteiger partial charge >= 0.3 is 0 Å². The molecule has 0 radical (unpaired) electrons. The van der Waals surface area contributed by atoms with E-state index in [0.29, 0.717) is 17.3 Å². The van der Waals surface area contributed by atoms with Crippen molar-refractivity contribution in [1.82, 2.24) is 10.2 Å². The molecule has 102 valence electrons. The van der Waals surface area contributed by atoms with Crippen molar-refractivity contribution < 1.29 is 0 Å². The van der Waals surface area contributed by atoms with Gasteiger partial charge in [-0.2, -0.15) is 0 Å². The highest BCUT2D eigenvalue weighted by Gasteiger charge is 2.57. The van der Waals surface area contributed by atoms with Gasteiger partial charge in [-0.15, -0.1) is 0 Å². The summed E-state index contributed by atoms with van der Waals surface area (Å²) in [6, 6.07) is 10.9. The van der Waals surface area contributed by atoms with Crippen LogP contribution in [0.1, 0.15) is 25.3 Å². The minimum Gasteiger partial charge on any atom is -0.356 e. The molecule has 3 nitrogen and oxygen atoms in total. The van der Waals surface area contributed by atoms with Crippen LogP contribution in [0.3, 0.4) is 0 Å². The van der Waals surface area contributed by atoms with Gasteiger partial charge in [0, 0.05) is 20.1 Å². The van der Waals surface area contributed by atoms with Gasteiger partial charge in [-0.05, 0) is 22.8 Å². The monoisotopic (exact) mass is 257 g/mol. The molecule has 2 atom stereocenters. The lowest BCUT2D eigenvalue weighted by molar-refractivity contribution is 0.510. The summed E-state index contributed by atoms with van der Waals surface area (Å²) in [6.07, 6.45) is 0. The van der Waals surface area contributed by atoms with Gasteiger partial charge in [-0.25, -0.2) is 0 Å². The Morgan fingerprint density at radius 2 is 2.05 bits per heavy atom. The van der Waals surface area contributed by atoms with Gasteiger partial charge in [0.2, 0.25) is 0 Å². The molecular weight excluding hydrogens is 234 g/mol. The molecule has 2 aliphatic rings. The summed E-state index contributed by atoms with van der Waals surface area (Å²) >= 11 is 0. The topological polar surface area (TPSA) is 27.6 Å². The number of hydrogen-bond donors (Lipinski definition) is 1. The Balaban J connectivity index is 1.63. The predicted molar refractivity (Wildman–Crippen MR) is 79.4 cm³/mol. The van der Waals surface area contributed by atoms with E-state index < -0.39 is 0 Å². The van der Waals surface area contributed by atoms with E-state index in [1.807, 2.05) is 0 Å². The van der Waals surface area contributed by atoms with Crippen molar-refractivity contribution in [3.63, 3.8) is 0 Å². The van der Waals surface area contributed by atoms with Crippen molar-refractivity contribution >= 4 is 5.96 Å². The Morgan fingerprint density at radius 1 is 1.32 bits per heavy atom. The second kappa shape index (κ2) is 4.55. The summed E-state index contributed by atoms with van der Waals surface area (Å²) in [5.74, 6) is 2.44. The molecular formula is C16H23N3. The quantitative estimate of drug-likeness (QED) is 0.900. The van der Waals surface area contributed by atoms with E-state index in [-0.39, 0.29) is 0 Å². The van der Waals surface area contributed by atoms with Gasteiger partial charge < -0.3 is 10.2 Å². The third-order valence-electron chi connectivity index (χ3n) is 4.75. The van der Waals surface area contributed by atoms with Gasteiger partial charge in [0.15, 0.2) is 5.96 Å². The molecule has 0 aromatic heterocycles. The van der Waals surface area contributed by atoms with Crippen LogP contribution in [0.15, 0.2) is 35.3 Å². The van der Waals surface area contributed by atoms with E-state index in [0.717, 1.165) is 25.6 Å². The summed E-state index contributed by atoms with van der Waals surface area (Å²) in [5.41, 5.74) is 1.87. The number of nitrogens with one attached hydrogen (secondary N) is 1. The lowest BCUT2D eigenvalue weighted by Crippen LogP contribution is -2.37. The van der Waals surface area contributed by atoms with Crippen molar-refractivity contribution in [2.24, 2.45) is 16.3 Å². The van der Waals surface area contributed by atoms with E-state index in [1.165, 1.54) is 5.56 Å². The minimum absolute atomic E-state index is 0.395. The Bertz CT molecular complexity index is 478. The third-order valence-corrected chi connectivity index (χ3v) is 4.75. The first-order chi connectivity index (χ1) is 9.10. The van der Waals surface area contributed by atoms with Crippen molar-refractivity contribution in [2.75, 3.05) is 26.7 Å². The average molecular weight is 257 g/mol. The molecule has 1 N–H and O–H groups in total. The second-order valence-electron chi connectivity index (χ2n) is 6.32. The largest absolute Gasteiger partial charge is 0.356 e. The molecule has 0 bridgehead atoms. The Morgan fingerprint density at radius 3 is 2.68 bits per heavy atom. The molecule has 1 aromatic carbocycles. The number of nitrogens with zero attached hydrogens (tertiary/aromatic N) is 2. The molecule has 1 heterocycles. The fraction of sp³-hybridized carbons (Fsp3) is 0.562. The number of rotatable bonds is 3. The highest BCUT2D eigenvalue weighted by Crippen LogP contribution is 2.63. The van der Waals surface area contributed by atoms with Crippen molar-refractivity contribution in [1.29, 1.82) is 0 Å². The highest BCUT2D eigenvalue weighted by atomic mass is 15.3. The lowest BCUT2D eigenvalue weighted by Gasteiger charge is -2.15.